The molecular weight excluding hydrogens is 456 g/mol. The fourth-order valence-corrected chi connectivity index (χ4v) is 5.42. The van der Waals surface area contributed by atoms with E-state index in [2.05, 4.69) is 51.2 Å². The van der Waals surface area contributed by atoms with Gasteiger partial charge in [-0.3, -0.25) is 15.1 Å². The van der Waals surface area contributed by atoms with Crippen molar-refractivity contribution in [1.29, 1.82) is 0 Å². The Morgan fingerprint density at radius 1 is 1.25 bits per heavy atom. The summed E-state index contributed by atoms with van der Waals surface area (Å²) in [6, 6.07) is 12.0. The van der Waals surface area contributed by atoms with E-state index in [1.54, 1.807) is 7.11 Å². The average molecular weight is 487 g/mol. The molecule has 1 saturated heterocycles. The first-order valence-corrected chi connectivity index (χ1v) is 12.1. The van der Waals surface area contributed by atoms with Crippen LogP contribution in [0.4, 0.5) is 0 Å². The monoisotopic (exact) mass is 486 g/mol. The molecule has 1 aliphatic rings. The lowest BCUT2D eigenvalue weighted by molar-refractivity contribution is 0.198. The Kier molecular flexibility index (Phi) is 6.29. The van der Waals surface area contributed by atoms with Gasteiger partial charge in [0, 0.05) is 24.1 Å². The number of ether oxygens (including phenoxy) is 1. The van der Waals surface area contributed by atoms with E-state index in [1.165, 1.54) is 11.0 Å². The van der Waals surface area contributed by atoms with Gasteiger partial charge in [0.1, 0.15) is 5.75 Å². The smallest absolute Gasteiger partial charge is 0.349 e. The van der Waals surface area contributed by atoms with Gasteiger partial charge in [0.15, 0.2) is 11.2 Å². The normalized spacial score (nSPS) is 19.9. The molecule has 2 unspecified atom stereocenters. The number of benzene rings is 2. The highest BCUT2D eigenvalue weighted by Crippen LogP contribution is 2.35. The zero-order chi connectivity index (χ0) is 25.3. The molecule has 3 N–H and O–H groups in total. The summed E-state index contributed by atoms with van der Waals surface area (Å²) >= 11 is 0. The topological polar surface area (TPSA) is 108 Å². The maximum absolute atomic E-state index is 13.5. The van der Waals surface area contributed by atoms with Gasteiger partial charge in [-0.05, 0) is 43.5 Å². The number of fused-ring (bicyclic) bond motifs is 2. The first-order chi connectivity index (χ1) is 17.5. The summed E-state index contributed by atoms with van der Waals surface area (Å²) in [5.41, 5.74) is 0.205. The van der Waals surface area contributed by atoms with Crippen LogP contribution in [0, 0.1) is 11.8 Å². The summed E-state index contributed by atoms with van der Waals surface area (Å²) in [4.78, 5) is 36.4. The largest absolute Gasteiger partial charge is 0.496 e. The number of hydrogen-bond acceptors (Lipinski definition) is 6. The highest BCUT2D eigenvalue weighted by molar-refractivity contribution is 5.88. The second kappa shape index (κ2) is 9.55. The number of piperidine rings is 1. The summed E-state index contributed by atoms with van der Waals surface area (Å²) in [5.74, 6) is 6.82. The van der Waals surface area contributed by atoms with Gasteiger partial charge in [0.25, 0.3) is 0 Å². The zero-order valence-electron chi connectivity index (χ0n) is 20.7. The first-order valence-electron chi connectivity index (χ1n) is 12.1. The molecule has 9 heteroatoms. The van der Waals surface area contributed by atoms with Gasteiger partial charge in [-0.2, -0.15) is 4.68 Å². The molecule has 4 aromatic rings. The molecule has 186 valence electrons. The maximum atomic E-state index is 13.5. The third-order valence-electron chi connectivity index (χ3n) is 7.27. The fourth-order valence-electron chi connectivity index (χ4n) is 5.42. The van der Waals surface area contributed by atoms with Crippen molar-refractivity contribution >= 4 is 21.9 Å². The quantitative estimate of drug-likeness (QED) is 0.361. The second-order valence-electron chi connectivity index (χ2n) is 9.33. The van der Waals surface area contributed by atoms with Crippen LogP contribution in [0.15, 0.2) is 52.3 Å². The van der Waals surface area contributed by atoms with Gasteiger partial charge in [-0.1, -0.05) is 36.3 Å². The molecule has 2 aromatic heterocycles. The molecule has 0 aliphatic carbocycles. The van der Waals surface area contributed by atoms with Gasteiger partial charge in [-0.15, -0.1) is 5.92 Å². The number of methoxy groups -OCH3 is 1. The minimum absolute atomic E-state index is 0.246. The third-order valence-corrected chi connectivity index (χ3v) is 7.27. The molecule has 1 fully saturated rings. The molecule has 0 saturated carbocycles. The predicted octanol–water partition coefficient (Wildman–Crippen LogP) is 2.29. The minimum atomic E-state index is -0.507. The number of imidazole rings is 1. The lowest BCUT2D eigenvalue weighted by atomic mass is 9.79. The van der Waals surface area contributed by atoms with Crippen molar-refractivity contribution < 1.29 is 4.74 Å². The number of aromatic nitrogens is 4. The van der Waals surface area contributed by atoms with E-state index in [0.717, 1.165) is 34.9 Å². The Bertz CT molecular complexity index is 1590. The Morgan fingerprint density at radius 2 is 2.08 bits per heavy atom. The Labute approximate surface area is 208 Å². The van der Waals surface area contributed by atoms with Crippen molar-refractivity contribution in [3.63, 3.8) is 0 Å². The summed E-state index contributed by atoms with van der Waals surface area (Å²) in [5, 5.41) is 7.72. The standard InChI is InChI=1S/C27H30N6O3/c1-4-5-14-30-27(2)13-8-15-32(33-25(34)23-24(29-17-28-23)31-26(33)35)22(27)16-20-19-10-7-6-9-18(19)11-12-21(20)36-3/h6-7,9-12,17,22,30H,8,13-16H2,1-3H3,(H,28,29)(H,31,35). The zero-order valence-corrected chi connectivity index (χ0v) is 20.7. The van der Waals surface area contributed by atoms with Crippen LogP contribution in [0.5, 0.6) is 5.75 Å². The highest BCUT2D eigenvalue weighted by Gasteiger charge is 2.43. The van der Waals surface area contributed by atoms with Crippen LogP contribution in [0.2, 0.25) is 0 Å². The Morgan fingerprint density at radius 3 is 2.89 bits per heavy atom. The van der Waals surface area contributed by atoms with Crippen molar-refractivity contribution in [2.45, 2.75) is 44.7 Å². The summed E-state index contributed by atoms with van der Waals surface area (Å²) in [6.45, 7) is 5.02. The molecule has 1 aliphatic heterocycles. The van der Waals surface area contributed by atoms with Crippen molar-refractivity contribution in [2.75, 3.05) is 25.2 Å². The number of H-pyrrole nitrogens is 2. The van der Waals surface area contributed by atoms with Crippen molar-refractivity contribution in [3.05, 3.63) is 69.1 Å². The van der Waals surface area contributed by atoms with E-state index in [0.29, 0.717) is 19.5 Å². The van der Waals surface area contributed by atoms with Crippen LogP contribution in [0.25, 0.3) is 21.9 Å². The molecule has 9 nitrogen and oxygen atoms in total. The molecule has 0 bridgehead atoms. The van der Waals surface area contributed by atoms with E-state index in [4.69, 9.17) is 4.74 Å². The lowest BCUT2D eigenvalue weighted by Crippen LogP contribution is -2.69. The summed E-state index contributed by atoms with van der Waals surface area (Å²) < 4.78 is 7.02. The third kappa shape index (κ3) is 4.03. The van der Waals surface area contributed by atoms with E-state index >= 15 is 0 Å². The Hall–Kier alpha value is -4.03. The molecule has 5 rings (SSSR count). The van der Waals surface area contributed by atoms with Gasteiger partial charge in [0.2, 0.25) is 0 Å². The van der Waals surface area contributed by atoms with Crippen LogP contribution in [-0.4, -0.2) is 51.4 Å². The molecule has 2 atom stereocenters. The maximum Gasteiger partial charge on any atom is 0.349 e. The van der Waals surface area contributed by atoms with Crippen LogP contribution in [-0.2, 0) is 6.42 Å². The lowest BCUT2D eigenvalue weighted by Gasteiger charge is -2.49. The molecule has 2 aromatic carbocycles. The number of nitrogens with one attached hydrogen (secondary N) is 3. The number of nitrogens with zero attached hydrogens (tertiary/aromatic N) is 3. The van der Waals surface area contributed by atoms with E-state index < -0.39 is 16.8 Å². The highest BCUT2D eigenvalue weighted by atomic mass is 16.5. The number of aromatic amines is 2. The SMILES string of the molecule is CC#CCNC1(C)CCCN(n2c(=O)[nH]c3nc[nH]c3c2=O)C1Cc1c(OC)ccc2ccccc12. The van der Waals surface area contributed by atoms with E-state index in [-0.39, 0.29) is 17.2 Å². The summed E-state index contributed by atoms with van der Waals surface area (Å²) in [7, 11) is 1.67. The minimum Gasteiger partial charge on any atom is -0.496 e. The number of rotatable bonds is 6. The van der Waals surface area contributed by atoms with Gasteiger partial charge in [0.05, 0.1) is 26.0 Å². The van der Waals surface area contributed by atoms with E-state index in [1.807, 2.05) is 36.2 Å². The molecule has 0 amide bonds. The van der Waals surface area contributed by atoms with Crippen LogP contribution in [0.1, 0.15) is 32.3 Å². The molecule has 3 heterocycles. The van der Waals surface area contributed by atoms with Crippen LogP contribution < -0.4 is 26.3 Å². The van der Waals surface area contributed by atoms with Crippen molar-refractivity contribution in [2.24, 2.45) is 0 Å². The van der Waals surface area contributed by atoms with Gasteiger partial charge < -0.3 is 14.7 Å². The predicted molar refractivity (Wildman–Crippen MR) is 141 cm³/mol. The second-order valence-corrected chi connectivity index (χ2v) is 9.33. The number of hydrogen-bond donors (Lipinski definition) is 3. The van der Waals surface area contributed by atoms with Crippen LogP contribution >= 0.6 is 0 Å². The molecule has 36 heavy (non-hydrogen) atoms. The van der Waals surface area contributed by atoms with Gasteiger partial charge >= 0.3 is 11.2 Å². The fraction of sp³-hybridized carbons (Fsp3) is 0.370. The Balaban J connectivity index is 1.68. The van der Waals surface area contributed by atoms with Gasteiger partial charge in [-0.25, -0.2) is 9.78 Å². The van der Waals surface area contributed by atoms with Crippen LogP contribution in [0.3, 0.4) is 0 Å². The molecular formula is C27H30N6O3. The van der Waals surface area contributed by atoms with Crippen molar-refractivity contribution in [3.8, 4) is 17.6 Å². The molecule has 0 spiro atoms. The summed E-state index contributed by atoms with van der Waals surface area (Å²) in [6.07, 6.45) is 3.64. The van der Waals surface area contributed by atoms with E-state index in [9.17, 15) is 9.59 Å². The first kappa shape index (κ1) is 23.7. The molecule has 0 radical (unpaired) electrons. The van der Waals surface area contributed by atoms with Crippen molar-refractivity contribution in [1.82, 2.24) is 24.9 Å². The average Bonchev–Trinajstić information content (AvgIpc) is 3.35.